The zero-order valence-corrected chi connectivity index (χ0v) is 11.6. The van der Waals surface area contributed by atoms with Gasteiger partial charge in [-0.1, -0.05) is 11.8 Å². The molecule has 1 unspecified atom stereocenters. The second-order valence-corrected chi connectivity index (χ2v) is 5.93. The zero-order chi connectivity index (χ0) is 15.1. The van der Waals surface area contributed by atoms with Gasteiger partial charge < -0.3 is 0 Å². The van der Waals surface area contributed by atoms with Crippen molar-refractivity contribution in [2.24, 2.45) is 7.05 Å². The summed E-state index contributed by atoms with van der Waals surface area (Å²) in [5, 5.41) is 3.02. The third kappa shape index (κ3) is 2.97. The topological polar surface area (TPSA) is 55.2 Å². The van der Waals surface area contributed by atoms with Crippen molar-refractivity contribution in [1.82, 2.24) is 9.78 Å². The molecule has 0 radical (unpaired) electrons. The van der Waals surface area contributed by atoms with E-state index in [1.807, 2.05) is 0 Å². The molecule has 0 N–H and O–H groups in total. The second kappa shape index (κ2) is 5.12. The molecule has 2 rings (SSSR count). The summed E-state index contributed by atoms with van der Waals surface area (Å²) >= 11 is 1.03. The van der Waals surface area contributed by atoms with Gasteiger partial charge in [-0.25, -0.2) is 0 Å². The van der Waals surface area contributed by atoms with Crippen molar-refractivity contribution in [2.75, 3.05) is 11.4 Å². The lowest BCUT2D eigenvalue weighted by Crippen LogP contribution is -2.27. The maximum absolute atomic E-state index is 12.6. The Morgan fingerprint density at radius 1 is 1.50 bits per heavy atom. The predicted octanol–water partition coefficient (Wildman–Crippen LogP) is 1.82. The minimum absolute atomic E-state index is 0.0916. The third-order valence-corrected chi connectivity index (χ3v) is 3.83. The molecule has 0 saturated carbocycles. The molecule has 0 spiro atoms. The number of hydrogen-bond acceptors (Lipinski definition) is 4. The van der Waals surface area contributed by atoms with Crippen LogP contribution in [0.4, 0.5) is 19.0 Å². The lowest BCUT2D eigenvalue weighted by Gasteiger charge is -2.15. The van der Waals surface area contributed by atoms with Crippen LogP contribution in [0.25, 0.3) is 0 Å². The standard InChI is InChI=1S/C11H12F3N3O2S/c1-6(18)20-7-3-10(19)17(5-7)9-4-8(11(12,13)14)15-16(9)2/h4,7H,3,5H2,1-2H3. The number of nitrogens with zero attached hydrogens (tertiary/aromatic N) is 3. The minimum Gasteiger partial charge on any atom is -0.296 e. The molecule has 2 heterocycles. The number of alkyl halides is 3. The summed E-state index contributed by atoms with van der Waals surface area (Å²) in [7, 11) is 1.35. The SMILES string of the molecule is CC(=O)SC1CC(=O)N(c2cc(C(F)(F)F)nn2C)C1. The molecule has 0 aliphatic carbocycles. The monoisotopic (exact) mass is 307 g/mol. The van der Waals surface area contributed by atoms with Crippen LogP contribution in [0, 0.1) is 0 Å². The highest BCUT2D eigenvalue weighted by molar-refractivity contribution is 8.14. The Hall–Kier alpha value is -1.51. The van der Waals surface area contributed by atoms with Crippen molar-refractivity contribution in [1.29, 1.82) is 0 Å². The van der Waals surface area contributed by atoms with Gasteiger partial charge in [0.2, 0.25) is 5.91 Å². The number of amides is 1. The number of hydrogen-bond donors (Lipinski definition) is 0. The van der Waals surface area contributed by atoms with Crippen LogP contribution in [0.3, 0.4) is 0 Å². The summed E-state index contributed by atoms with van der Waals surface area (Å²) in [5.41, 5.74) is -1.04. The van der Waals surface area contributed by atoms with Gasteiger partial charge in [-0.05, 0) is 0 Å². The largest absolute Gasteiger partial charge is 0.435 e. The first kappa shape index (κ1) is 14.9. The Morgan fingerprint density at radius 3 is 2.65 bits per heavy atom. The summed E-state index contributed by atoms with van der Waals surface area (Å²) in [6.07, 6.45) is -4.41. The highest BCUT2D eigenvalue weighted by Gasteiger charge is 2.38. The quantitative estimate of drug-likeness (QED) is 0.836. The van der Waals surface area contributed by atoms with Crippen LogP contribution >= 0.6 is 11.8 Å². The number of rotatable bonds is 2. The van der Waals surface area contributed by atoms with Crippen molar-refractivity contribution in [3.8, 4) is 0 Å². The van der Waals surface area contributed by atoms with Gasteiger partial charge in [-0.3, -0.25) is 19.2 Å². The number of carbonyl (C=O) groups is 2. The third-order valence-electron chi connectivity index (χ3n) is 2.84. The van der Waals surface area contributed by atoms with Crippen molar-refractivity contribution >= 4 is 28.6 Å². The summed E-state index contributed by atoms with van der Waals surface area (Å²) in [4.78, 5) is 24.1. The van der Waals surface area contributed by atoms with E-state index in [1.54, 1.807) is 0 Å². The van der Waals surface area contributed by atoms with Crippen LogP contribution in [0.1, 0.15) is 19.0 Å². The molecular formula is C11H12F3N3O2S. The van der Waals surface area contributed by atoms with Gasteiger partial charge in [0.15, 0.2) is 10.8 Å². The molecule has 1 aromatic rings. The maximum Gasteiger partial charge on any atom is 0.435 e. The number of aromatic nitrogens is 2. The molecule has 1 fully saturated rings. The lowest BCUT2D eigenvalue weighted by molar-refractivity contribution is -0.141. The molecule has 1 aromatic heterocycles. The highest BCUT2D eigenvalue weighted by atomic mass is 32.2. The van der Waals surface area contributed by atoms with E-state index in [4.69, 9.17) is 0 Å². The molecule has 0 aromatic carbocycles. The fourth-order valence-corrected chi connectivity index (χ4v) is 2.98. The Labute approximate surface area is 117 Å². The average molecular weight is 307 g/mol. The van der Waals surface area contributed by atoms with E-state index in [0.29, 0.717) is 0 Å². The van der Waals surface area contributed by atoms with E-state index in [0.717, 1.165) is 22.5 Å². The van der Waals surface area contributed by atoms with Crippen LogP contribution in [-0.2, 0) is 22.8 Å². The van der Waals surface area contributed by atoms with Crippen LogP contribution in [0.2, 0.25) is 0 Å². The van der Waals surface area contributed by atoms with E-state index in [-0.39, 0.29) is 35.1 Å². The highest BCUT2D eigenvalue weighted by Crippen LogP contribution is 2.33. The zero-order valence-electron chi connectivity index (χ0n) is 10.8. The van der Waals surface area contributed by atoms with E-state index in [2.05, 4.69) is 5.10 Å². The molecule has 1 aliphatic rings. The van der Waals surface area contributed by atoms with E-state index < -0.39 is 11.9 Å². The lowest BCUT2D eigenvalue weighted by atomic mass is 10.4. The number of anilines is 1. The van der Waals surface area contributed by atoms with Crippen molar-refractivity contribution < 1.29 is 22.8 Å². The molecule has 1 atom stereocenters. The van der Waals surface area contributed by atoms with Gasteiger partial charge in [0.25, 0.3) is 0 Å². The first-order valence-corrected chi connectivity index (χ1v) is 6.65. The van der Waals surface area contributed by atoms with Gasteiger partial charge in [0, 0.05) is 38.3 Å². The molecule has 20 heavy (non-hydrogen) atoms. The molecular weight excluding hydrogens is 295 g/mol. The normalized spacial score (nSPS) is 19.8. The van der Waals surface area contributed by atoms with Crippen LogP contribution in [0.15, 0.2) is 6.07 Å². The van der Waals surface area contributed by atoms with Gasteiger partial charge in [0.1, 0.15) is 5.82 Å². The van der Waals surface area contributed by atoms with Gasteiger partial charge in [-0.2, -0.15) is 18.3 Å². The molecule has 1 saturated heterocycles. The summed E-state index contributed by atoms with van der Waals surface area (Å²) < 4.78 is 38.8. The Bertz CT molecular complexity index is 556. The number of thioether (sulfide) groups is 1. The smallest absolute Gasteiger partial charge is 0.296 e. The van der Waals surface area contributed by atoms with Crippen molar-refractivity contribution in [2.45, 2.75) is 24.8 Å². The minimum atomic E-state index is -4.55. The van der Waals surface area contributed by atoms with E-state index in [1.165, 1.54) is 18.9 Å². The number of halogens is 3. The molecule has 1 amide bonds. The van der Waals surface area contributed by atoms with Gasteiger partial charge >= 0.3 is 6.18 Å². The predicted molar refractivity (Wildman–Crippen MR) is 67.2 cm³/mol. The Balaban J connectivity index is 2.22. The molecule has 5 nitrogen and oxygen atoms in total. The summed E-state index contributed by atoms with van der Waals surface area (Å²) in [6.45, 7) is 1.60. The van der Waals surface area contributed by atoms with E-state index >= 15 is 0 Å². The Morgan fingerprint density at radius 2 is 2.15 bits per heavy atom. The van der Waals surface area contributed by atoms with Crippen molar-refractivity contribution in [3.05, 3.63) is 11.8 Å². The second-order valence-electron chi connectivity index (χ2n) is 4.45. The number of carbonyl (C=O) groups excluding carboxylic acids is 2. The average Bonchev–Trinajstić information content (AvgIpc) is 2.80. The first-order chi connectivity index (χ1) is 9.18. The summed E-state index contributed by atoms with van der Waals surface area (Å²) in [6, 6.07) is 0.846. The van der Waals surface area contributed by atoms with Crippen molar-refractivity contribution in [3.63, 3.8) is 0 Å². The van der Waals surface area contributed by atoms with Crippen LogP contribution in [-0.4, -0.2) is 32.6 Å². The van der Waals surface area contributed by atoms with Crippen LogP contribution < -0.4 is 4.90 Å². The van der Waals surface area contributed by atoms with Crippen LogP contribution in [0.5, 0.6) is 0 Å². The molecule has 0 bridgehead atoms. The van der Waals surface area contributed by atoms with Gasteiger partial charge in [-0.15, -0.1) is 0 Å². The van der Waals surface area contributed by atoms with Gasteiger partial charge in [0.05, 0.1) is 0 Å². The first-order valence-electron chi connectivity index (χ1n) is 5.77. The molecule has 110 valence electrons. The Kier molecular flexibility index (Phi) is 3.81. The maximum atomic E-state index is 12.6. The van der Waals surface area contributed by atoms with E-state index in [9.17, 15) is 22.8 Å². The molecule has 9 heteroatoms. The summed E-state index contributed by atoms with van der Waals surface area (Å²) in [5.74, 6) is -0.213. The number of aryl methyl sites for hydroxylation is 1. The fraction of sp³-hybridized carbons (Fsp3) is 0.545. The fourth-order valence-electron chi connectivity index (χ4n) is 2.06. The molecule has 1 aliphatic heterocycles.